The van der Waals surface area contributed by atoms with Crippen LogP contribution in [-0.2, 0) is 0 Å². The van der Waals surface area contributed by atoms with Crippen LogP contribution in [0.4, 0.5) is 0 Å². The average molecular weight is 457 g/mol. The van der Waals surface area contributed by atoms with Crippen molar-refractivity contribution in [1.29, 1.82) is 0 Å². The fourth-order valence-electron chi connectivity index (χ4n) is 5.66. The van der Waals surface area contributed by atoms with E-state index in [-0.39, 0.29) is 0 Å². The number of hydrogen-bond donors (Lipinski definition) is 0. The van der Waals surface area contributed by atoms with Gasteiger partial charge in [0.25, 0.3) is 0 Å². The molecule has 168 valence electrons. The molecule has 0 fully saturated rings. The van der Waals surface area contributed by atoms with Crippen LogP contribution in [0.25, 0.3) is 65.7 Å². The Labute approximate surface area is 211 Å². The second kappa shape index (κ2) is 8.52. The standard InChI is InChI=1S/C36H24/c1-3-12-25(13-4-1)29-21-11-16-27-24-28(22-23-30(27)29)36-33-19-9-7-17-31(33)35(26-14-5-2-6-15-26)32-18-8-10-20-34(32)36/h1-24H. The number of fused-ring (bicyclic) bond motifs is 3. The van der Waals surface area contributed by atoms with Gasteiger partial charge >= 0.3 is 0 Å². The van der Waals surface area contributed by atoms with E-state index in [9.17, 15) is 0 Å². The molecule has 0 amide bonds. The van der Waals surface area contributed by atoms with Gasteiger partial charge in [-0.05, 0) is 71.8 Å². The van der Waals surface area contributed by atoms with Crippen molar-refractivity contribution in [2.45, 2.75) is 0 Å². The summed E-state index contributed by atoms with van der Waals surface area (Å²) >= 11 is 0. The molecular formula is C36H24. The van der Waals surface area contributed by atoms with Crippen molar-refractivity contribution in [3.05, 3.63) is 146 Å². The molecule has 0 atom stereocenters. The van der Waals surface area contributed by atoms with Crippen LogP contribution in [-0.4, -0.2) is 0 Å². The van der Waals surface area contributed by atoms with Crippen molar-refractivity contribution in [1.82, 2.24) is 0 Å². The van der Waals surface area contributed by atoms with Crippen LogP contribution < -0.4 is 0 Å². The van der Waals surface area contributed by atoms with Gasteiger partial charge in [0.05, 0.1) is 0 Å². The summed E-state index contributed by atoms with van der Waals surface area (Å²) in [6, 6.07) is 52.7. The topological polar surface area (TPSA) is 0 Å². The Bertz CT molecular complexity index is 1810. The first-order valence-electron chi connectivity index (χ1n) is 12.5. The van der Waals surface area contributed by atoms with E-state index in [1.54, 1.807) is 0 Å². The maximum absolute atomic E-state index is 2.36. The third-order valence-corrected chi connectivity index (χ3v) is 7.25. The largest absolute Gasteiger partial charge is 0.0622 e. The van der Waals surface area contributed by atoms with Crippen molar-refractivity contribution in [2.24, 2.45) is 0 Å². The lowest BCUT2D eigenvalue weighted by molar-refractivity contribution is 1.64. The van der Waals surface area contributed by atoms with Crippen molar-refractivity contribution in [3.8, 4) is 33.4 Å². The van der Waals surface area contributed by atoms with Gasteiger partial charge in [0.1, 0.15) is 0 Å². The molecule has 7 aromatic rings. The summed E-state index contributed by atoms with van der Waals surface area (Å²) in [5.74, 6) is 0. The van der Waals surface area contributed by atoms with Gasteiger partial charge in [-0.1, -0.05) is 140 Å². The first-order chi connectivity index (χ1) is 17.9. The summed E-state index contributed by atoms with van der Waals surface area (Å²) in [7, 11) is 0. The molecule has 7 aromatic carbocycles. The zero-order valence-electron chi connectivity index (χ0n) is 19.9. The van der Waals surface area contributed by atoms with E-state index in [4.69, 9.17) is 0 Å². The van der Waals surface area contributed by atoms with Gasteiger partial charge in [-0.25, -0.2) is 0 Å². The van der Waals surface area contributed by atoms with Gasteiger partial charge in [-0.3, -0.25) is 0 Å². The average Bonchev–Trinajstić information content (AvgIpc) is 2.96. The predicted molar refractivity (Wildman–Crippen MR) is 155 cm³/mol. The third-order valence-electron chi connectivity index (χ3n) is 7.25. The molecule has 0 aliphatic heterocycles. The quantitative estimate of drug-likeness (QED) is 0.232. The molecule has 7 rings (SSSR count). The third kappa shape index (κ3) is 3.31. The van der Waals surface area contributed by atoms with Crippen molar-refractivity contribution >= 4 is 32.3 Å². The molecule has 0 aliphatic carbocycles. The first-order valence-corrected chi connectivity index (χ1v) is 12.5. The molecule has 0 aromatic heterocycles. The zero-order valence-corrected chi connectivity index (χ0v) is 19.9. The molecule has 0 aliphatic rings. The second-order valence-electron chi connectivity index (χ2n) is 9.31. The van der Waals surface area contributed by atoms with Crippen molar-refractivity contribution in [2.75, 3.05) is 0 Å². The number of hydrogen-bond acceptors (Lipinski definition) is 0. The molecule has 36 heavy (non-hydrogen) atoms. The van der Waals surface area contributed by atoms with Crippen LogP contribution in [0.5, 0.6) is 0 Å². The van der Waals surface area contributed by atoms with E-state index in [2.05, 4.69) is 146 Å². The predicted octanol–water partition coefficient (Wildman–Crippen LogP) is 10.1. The normalized spacial score (nSPS) is 11.3. The second-order valence-corrected chi connectivity index (χ2v) is 9.31. The molecule has 0 nitrogen and oxygen atoms in total. The Morgan fingerprint density at radius 1 is 0.278 bits per heavy atom. The molecule has 0 bridgehead atoms. The highest BCUT2D eigenvalue weighted by molar-refractivity contribution is 6.21. The molecule has 0 heterocycles. The summed E-state index contributed by atoms with van der Waals surface area (Å²) in [5.41, 5.74) is 7.63. The van der Waals surface area contributed by atoms with Crippen LogP contribution >= 0.6 is 0 Å². The van der Waals surface area contributed by atoms with Gasteiger partial charge in [0, 0.05) is 0 Å². The smallest absolute Gasteiger partial charge is 0.00262 e. The van der Waals surface area contributed by atoms with E-state index in [0.717, 1.165) is 0 Å². The first kappa shape index (κ1) is 20.7. The minimum Gasteiger partial charge on any atom is -0.0622 e. The molecule has 0 unspecified atom stereocenters. The molecular weight excluding hydrogens is 432 g/mol. The molecule has 0 saturated heterocycles. The highest BCUT2D eigenvalue weighted by Gasteiger charge is 2.16. The molecule has 0 heteroatoms. The monoisotopic (exact) mass is 456 g/mol. The van der Waals surface area contributed by atoms with Crippen LogP contribution in [0.2, 0.25) is 0 Å². The van der Waals surface area contributed by atoms with E-state index < -0.39 is 0 Å². The van der Waals surface area contributed by atoms with Crippen LogP contribution in [0.3, 0.4) is 0 Å². The maximum Gasteiger partial charge on any atom is -0.00262 e. The van der Waals surface area contributed by atoms with Gasteiger partial charge in [0.15, 0.2) is 0 Å². The highest BCUT2D eigenvalue weighted by atomic mass is 14.2. The van der Waals surface area contributed by atoms with E-state index >= 15 is 0 Å². The molecule has 0 spiro atoms. The Kier molecular flexibility index (Phi) is 4.89. The Hall–Kier alpha value is -4.68. The van der Waals surface area contributed by atoms with E-state index in [1.807, 2.05) is 0 Å². The van der Waals surface area contributed by atoms with Crippen molar-refractivity contribution < 1.29 is 0 Å². The summed E-state index contributed by atoms with van der Waals surface area (Å²) in [6.07, 6.45) is 0. The summed E-state index contributed by atoms with van der Waals surface area (Å²) in [4.78, 5) is 0. The molecule has 0 radical (unpaired) electrons. The van der Waals surface area contributed by atoms with Crippen molar-refractivity contribution in [3.63, 3.8) is 0 Å². The van der Waals surface area contributed by atoms with Gasteiger partial charge in [-0.2, -0.15) is 0 Å². The van der Waals surface area contributed by atoms with Crippen LogP contribution in [0, 0.1) is 0 Å². The molecule has 0 N–H and O–H groups in total. The Morgan fingerprint density at radius 2 is 0.778 bits per heavy atom. The Balaban J connectivity index is 1.54. The zero-order chi connectivity index (χ0) is 23.9. The SMILES string of the molecule is c1ccc(-c2cccc3cc(-c4c5ccccc5c(-c5ccccc5)c5ccccc45)ccc23)cc1. The Morgan fingerprint density at radius 3 is 1.36 bits per heavy atom. The van der Waals surface area contributed by atoms with Gasteiger partial charge in [0.2, 0.25) is 0 Å². The van der Waals surface area contributed by atoms with E-state index in [1.165, 1.54) is 65.7 Å². The summed E-state index contributed by atoms with van der Waals surface area (Å²) in [5, 5.41) is 7.68. The highest BCUT2D eigenvalue weighted by Crippen LogP contribution is 2.44. The maximum atomic E-state index is 2.36. The number of benzene rings is 7. The van der Waals surface area contributed by atoms with Gasteiger partial charge < -0.3 is 0 Å². The van der Waals surface area contributed by atoms with Crippen LogP contribution in [0.1, 0.15) is 0 Å². The number of rotatable bonds is 3. The lowest BCUT2D eigenvalue weighted by Gasteiger charge is -2.18. The fourth-order valence-corrected chi connectivity index (χ4v) is 5.66. The summed E-state index contributed by atoms with van der Waals surface area (Å²) < 4.78 is 0. The molecule has 0 saturated carbocycles. The minimum atomic E-state index is 1.25. The van der Waals surface area contributed by atoms with Crippen LogP contribution in [0.15, 0.2) is 146 Å². The lowest BCUT2D eigenvalue weighted by atomic mass is 9.85. The van der Waals surface area contributed by atoms with E-state index in [0.29, 0.717) is 0 Å². The minimum absolute atomic E-state index is 1.25. The van der Waals surface area contributed by atoms with Gasteiger partial charge in [-0.15, -0.1) is 0 Å². The summed E-state index contributed by atoms with van der Waals surface area (Å²) in [6.45, 7) is 0. The fraction of sp³-hybridized carbons (Fsp3) is 0. The lowest BCUT2D eigenvalue weighted by Crippen LogP contribution is -1.91.